The number of carbonyl (C=O) groups is 2. The lowest BCUT2D eigenvalue weighted by Crippen LogP contribution is -2.43. The number of carboxylic acid groups (broad SMARTS) is 1. The first-order valence-electron chi connectivity index (χ1n) is 5.87. The second kappa shape index (κ2) is 7.68. The van der Waals surface area contributed by atoms with Crippen LogP contribution >= 0.6 is 11.8 Å². The highest BCUT2D eigenvalue weighted by molar-refractivity contribution is 7.98. The van der Waals surface area contributed by atoms with E-state index in [1.807, 2.05) is 25.3 Å². The van der Waals surface area contributed by atoms with E-state index in [9.17, 15) is 9.59 Å². The first-order valence-corrected chi connectivity index (χ1v) is 7.26. The van der Waals surface area contributed by atoms with Crippen LogP contribution in [0.25, 0.3) is 0 Å². The number of carboxylic acids is 1. The predicted molar refractivity (Wildman–Crippen MR) is 77.9 cm³/mol. The van der Waals surface area contributed by atoms with Crippen molar-refractivity contribution in [3.05, 3.63) is 29.8 Å². The van der Waals surface area contributed by atoms with Crippen molar-refractivity contribution < 1.29 is 14.7 Å². The van der Waals surface area contributed by atoms with Crippen LogP contribution in [0.4, 0.5) is 10.5 Å². The first kappa shape index (κ1) is 15.4. The van der Waals surface area contributed by atoms with Crippen molar-refractivity contribution in [2.24, 2.45) is 0 Å². The van der Waals surface area contributed by atoms with Crippen LogP contribution in [0.2, 0.25) is 0 Å². The molecule has 0 radical (unpaired) electrons. The number of carbonyl (C=O) groups excluding carboxylic acids is 1. The molecule has 0 heterocycles. The van der Waals surface area contributed by atoms with E-state index in [0.29, 0.717) is 12.2 Å². The molecule has 0 saturated heterocycles. The maximum Gasteiger partial charge on any atom is 0.323 e. The average molecular weight is 282 g/mol. The molecule has 1 aromatic carbocycles. The van der Waals surface area contributed by atoms with Gasteiger partial charge in [-0.05, 0) is 25.3 Å². The van der Waals surface area contributed by atoms with Crippen LogP contribution in [0.15, 0.2) is 24.3 Å². The zero-order chi connectivity index (χ0) is 14.3. The van der Waals surface area contributed by atoms with Gasteiger partial charge in [-0.15, -0.1) is 0 Å². The number of nitrogens with one attached hydrogen (secondary N) is 1. The molecule has 0 unspecified atom stereocenters. The summed E-state index contributed by atoms with van der Waals surface area (Å²) >= 11 is 1.62. The third kappa shape index (κ3) is 5.21. The Kier molecular flexibility index (Phi) is 6.21. The molecule has 0 fully saturated rings. The normalized spacial score (nSPS) is 10.0. The van der Waals surface area contributed by atoms with Gasteiger partial charge in [-0.25, -0.2) is 4.79 Å². The molecule has 0 spiro atoms. The van der Waals surface area contributed by atoms with Crippen LogP contribution in [-0.4, -0.2) is 42.2 Å². The van der Waals surface area contributed by atoms with Gasteiger partial charge in [0.2, 0.25) is 0 Å². The van der Waals surface area contributed by atoms with E-state index in [1.54, 1.807) is 23.9 Å². The van der Waals surface area contributed by atoms with Gasteiger partial charge < -0.3 is 10.4 Å². The van der Waals surface area contributed by atoms with Crippen molar-refractivity contribution >= 4 is 29.4 Å². The van der Waals surface area contributed by atoms with E-state index in [2.05, 4.69) is 5.32 Å². The van der Waals surface area contributed by atoms with Gasteiger partial charge in [0.15, 0.2) is 0 Å². The van der Waals surface area contributed by atoms with E-state index < -0.39 is 5.97 Å². The third-order valence-corrected chi connectivity index (χ3v) is 3.08. The van der Waals surface area contributed by atoms with Gasteiger partial charge in [0.1, 0.15) is 6.54 Å². The summed E-state index contributed by atoms with van der Waals surface area (Å²) < 4.78 is 0. The maximum absolute atomic E-state index is 12.0. The Balaban J connectivity index is 2.79. The second-order valence-corrected chi connectivity index (χ2v) is 5.03. The zero-order valence-electron chi connectivity index (χ0n) is 11.0. The van der Waals surface area contributed by atoms with Gasteiger partial charge in [0.25, 0.3) is 0 Å². The number of aryl methyl sites for hydroxylation is 1. The van der Waals surface area contributed by atoms with E-state index in [0.717, 1.165) is 11.3 Å². The van der Waals surface area contributed by atoms with Gasteiger partial charge in [0, 0.05) is 18.0 Å². The Bertz CT molecular complexity index is 434. The van der Waals surface area contributed by atoms with Gasteiger partial charge in [-0.3, -0.25) is 9.69 Å². The molecule has 104 valence electrons. The lowest BCUT2D eigenvalue weighted by Gasteiger charge is -2.21. The Labute approximate surface area is 117 Å². The SMILES string of the molecule is CSCCNC(=O)N(CC(=O)O)c1ccc(C)cc1. The molecule has 2 amide bonds. The Morgan fingerprint density at radius 3 is 2.47 bits per heavy atom. The standard InChI is InChI=1S/C13H18N2O3S/c1-10-3-5-11(6-4-10)15(9-12(16)17)13(18)14-7-8-19-2/h3-6H,7-9H2,1-2H3,(H,14,18)(H,16,17). The number of amides is 2. The van der Waals surface area contributed by atoms with Crippen molar-refractivity contribution in [3.63, 3.8) is 0 Å². The van der Waals surface area contributed by atoms with E-state index >= 15 is 0 Å². The molecule has 1 aromatic rings. The van der Waals surface area contributed by atoms with Crippen molar-refractivity contribution in [1.29, 1.82) is 0 Å². The molecule has 0 aromatic heterocycles. The number of hydrogen-bond donors (Lipinski definition) is 2. The van der Waals surface area contributed by atoms with Crippen LogP contribution < -0.4 is 10.2 Å². The summed E-state index contributed by atoms with van der Waals surface area (Å²) in [6, 6.07) is 6.79. The summed E-state index contributed by atoms with van der Waals surface area (Å²) in [5.41, 5.74) is 1.64. The minimum Gasteiger partial charge on any atom is -0.480 e. The summed E-state index contributed by atoms with van der Waals surface area (Å²) in [5, 5.41) is 11.6. The van der Waals surface area contributed by atoms with E-state index in [4.69, 9.17) is 5.11 Å². The molecule has 19 heavy (non-hydrogen) atoms. The number of benzene rings is 1. The lowest BCUT2D eigenvalue weighted by molar-refractivity contribution is -0.135. The summed E-state index contributed by atoms with van der Waals surface area (Å²) in [5.74, 6) is -0.249. The van der Waals surface area contributed by atoms with Crippen molar-refractivity contribution in [2.45, 2.75) is 6.92 Å². The minimum absolute atomic E-state index is 0.353. The summed E-state index contributed by atoms with van der Waals surface area (Å²) in [7, 11) is 0. The molecule has 2 N–H and O–H groups in total. The molecule has 1 rings (SSSR count). The Hall–Kier alpha value is -1.69. The van der Waals surface area contributed by atoms with Gasteiger partial charge in [-0.2, -0.15) is 11.8 Å². The second-order valence-electron chi connectivity index (χ2n) is 4.04. The Morgan fingerprint density at radius 2 is 1.95 bits per heavy atom. The number of hydrogen-bond acceptors (Lipinski definition) is 3. The van der Waals surface area contributed by atoms with E-state index in [1.165, 1.54) is 4.90 Å². The highest BCUT2D eigenvalue weighted by atomic mass is 32.2. The lowest BCUT2D eigenvalue weighted by atomic mass is 10.2. The average Bonchev–Trinajstić information content (AvgIpc) is 2.37. The molecule has 6 heteroatoms. The maximum atomic E-state index is 12.0. The fraction of sp³-hybridized carbons (Fsp3) is 0.385. The quantitative estimate of drug-likeness (QED) is 0.783. The molecule has 0 aliphatic heterocycles. The molecule has 5 nitrogen and oxygen atoms in total. The fourth-order valence-electron chi connectivity index (χ4n) is 1.50. The van der Waals surface area contributed by atoms with Crippen LogP contribution in [0.1, 0.15) is 5.56 Å². The van der Waals surface area contributed by atoms with Gasteiger partial charge in [-0.1, -0.05) is 17.7 Å². The van der Waals surface area contributed by atoms with Crippen molar-refractivity contribution in [2.75, 3.05) is 30.0 Å². The largest absolute Gasteiger partial charge is 0.480 e. The number of rotatable bonds is 6. The summed E-state index contributed by atoms with van der Waals surface area (Å²) in [6.07, 6.45) is 1.95. The van der Waals surface area contributed by atoms with Crippen LogP contribution in [-0.2, 0) is 4.79 Å². The van der Waals surface area contributed by atoms with E-state index in [-0.39, 0.29) is 12.6 Å². The van der Waals surface area contributed by atoms with Crippen LogP contribution in [0.5, 0.6) is 0 Å². The van der Waals surface area contributed by atoms with Crippen LogP contribution in [0.3, 0.4) is 0 Å². The molecule has 0 atom stereocenters. The smallest absolute Gasteiger partial charge is 0.323 e. The molecular weight excluding hydrogens is 264 g/mol. The number of thioether (sulfide) groups is 1. The number of urea groups is 1. The number of anilines is 1. The van der Waals surface area contributed by atoms with Gasteiger partial charge >= 0.3 is 12.0 Å². The molecular formula is C13H18N2O3S. The minimum atomic E-state index is -1.04. The Morgan fingerprint density at radius 1 is 1.32 bits per heavy atom. The van der Waals surface area contributed by atoms with Gasteiger partial charge in [0.05, 0.1) is 0 Å². The summed E-state index contributed by atoms with van der Waals surface area (Å²) in [4.78, 5) is 24.1. The van der Waals surface area contributed by atoms with Crippen molar-refractivity contribution in [1.82, 2.24) is 5.32 Å². The molecule has 0 aliphatic rings. The monoisotopic (exact) mass is 282 g/mol. The molecule has 0 saturated carbocycles. The molecule has 0 aliphatic carbocycles. The first-order chi connectivity index (χ1) is 9.04. The third-order valence-electron chi connectivity index (χ3n) is 2.47. The van der Waals surface area contributed by atoms with Crippen molar-refractivity contribution in [3.8, 4) is 0 Å². The topological polar surface area (TPSA) is 69.6 Å². The highest BCUT2D eigenvalue weighted by Gasteiger charge is 2.18. The summed E-state index contributed by atoms with van der Waals surface area (Å²) in [6.45, 7) is 2.10. The fourth-order valence-corrected chi connectivity index (χ4v) is 1.80. The highest BCUT2D eigenvalue weighted by Crippen LogP contribution is 2.15. The zero-order valence-corrected chi connectivity index (χ0v) is 11.9. The van der Waals surface area contributed by atoms with Crippen LogP contribution in [0, 0.1) is 6.92 Å². The molecule has 0 bridgehead atoms. The number of nitrogens with zero attached hydrogens (tertiary/aromatic N) is 1. The predicted octanol–water partition coefficient (Wildman–Crippen LogP) is 1.96. The number of aliphatic carboxylic acids is 1.